The maximum Gasteiger partial charge on any atom is 0.416 e. The van der Waals surface area contributed by atoms with Gasteiger partial charge in [-0.1, -0.05) is 22.0 Å². The standard InChI is InChI=1S/C20H12BrF3N2O5/c1-10(27)31-16-6-5-13(21)7-11(16)8-15-17(28)25-19(30)26(18(15)29)14-4-2-3-12(9-14)20(22,23)24/h2-9H,1H3,(H,25,28,30). The lowest BCUT2D eigenvalue weighted by atomic mass is 10.1. The first-order chi connectivity index (χ1) is 14.5. The Morgan fingerprint density at radius 1 is 1.13 bits per heavy atom. The number of halogens is 4. The summed E-state index contributed by atoms with van der Waals surface area (Å²) in [5, 5.41) is 1.92. The molecule has 1 heterocycles. The fourth-order valence-electron chi connectivity index (χ4n) is 2.75. The number of nitrogens with zero attached hydrogens (tertiary/aromatic N) is 1. The van der Waals surface area contributed by atoms with E-state index in [0.717, 1.165) is 31.2 Å². The number of amides is 4. The Balaban J connectivity index is 2.07. The Hall–Kier alpha value is -3.47. The highest BCUT2D eigenvalue weighted by atomic mass is 79.9. The lowest BCUT2D eigenvalue weighted by Gasteiger charge is -2.27. The van der Waals surface area contributed by atoms with Gasteiger partial charge in [0.2, 0.25) is 0 Å². The number of anilines is 1. The number of hydrogen-bond acceptors (Lipinski definition) is 5. The number of hydrogen-bond donors (Lipinski definition) is 1. The van der Waals surface area contributed by atoms with Crippen molar-refractivity contribution in [3.8, 4) is 5.75 Å². The summed E-state index contributed by atoms with van der Waals surface area (Å²) in [5.41, 5.74) is -1.83. The third-order valence-corrected chi connectivity index (χ3v) is 4.55. The molecule has 1 aliphatic heterocycles. The summed E-state index contributed by atoms with van der Waals surface area (Å²) in [6, 6.07) is 6.80. The second kappa shape index (κ2) is 8.34. The molecule has 0 aliphatic carbocycles. The van der Waals surface area contributed by atoms with Gasteiger partial charge in [0, 0.05) is 17.0 Å². The Morgan fingerprint density at radius 2 is 1.84 bits per heavy atom. The highest BCUT2D eigenvalue weighted by Gasteiger charge is 2.38. The molecule has 0 atom stereocenters. The Labute approximate surface area is 181 Å². The fraction of sp³-hybridized carbons (Fsp3) is 0.100. The van der Waals surface area contributed by atoms with Gasteiger partial charge in [0.1, 0.15) is 11.3 Å². The van der Waals surface area contributed by atoms with Crippen molar-refractivity contribution in [3.05, 3.63) is 63.6 Å². The molecule has 1 N–H and O–H groups in total. The van der Waals surface area contributed by atoms with Crippen LogP contribution in [0, 0.1) is 0 Å². The molecule has 0 unspecified atom stereocenters. The van der Waals surface area contributed by atoms with Gasteiger partial charge in [-0.05, 0) is 42.5 Å². The zero-order chi connectivity index (χ0) is 22.9. The number of rotatable bonds is 3. The van der Waals surface area contributed by atoms with Crippen LogP contribution in [0.5, 0.6) is 5.75 Å². The van der Waals surface area contributed by atoms with Crippen molar-refractivity contribution in [2.45, 2.75) is 13.1 Å². The van der Waals surface area contributed by atoms with Crippen LogP contribution < -0.4 is 15.0 Å². The van der Waals surface area contributed by atoms with E-state index < -0.39 is 41.1 Å². The van der Waals surface area contributed by atoms with Crippen LogP contribution in [0.1, 0.15) is 18.1 Å². The maximum atomic E-state index is 13.0. The first-order valence-electron chi connectivity index (χ1n) is 8.54. The summed E-state index contributed by atoms with van der Waals surface area (Å²) in [4.78, 5) is 49.2. The number of esters is 1. The van der Waals surface area contributed by atoms with E-state index in [4.69, 9.17) is 4.74 Å². The van der Waals surface area contributed by atoms with E-state index in [1.807, 2.05) is 5.32 Å². The summed E-state index contributed by atoms with van der Waals surface area (Å²) < 4.78 is 44.7. The highest BCUT2D eigenvalue weighted by Crippen LogP contribution is 2.33. The quantitative estimate of drug-likeness (QED) is 0.299. The van der Waals surface area contributed by atoms with Crippen LogP contribution in [-0.2, 0) is 20.6 Å². The van der Waals surface area contributed by atoms with Crippen LogP contribution in [0.15, 0.2) is 52.5 Å². The van der Waals surface area contributed by atoms with Gasteiger partial charge in [0.15, 0.2) is 0 Å². The van der Waals surface area contributed by atoms with Gasteiger partial charge in [-0.25, -0.2) is 9.69 Å². The molecule has 0 spiro atoms. The third kappa shape index (κ3) is 4.82. The van der Waals surface area contributed by atoms with Crippen molar-refractivity contribution in [1.82, 2.24) is 5.32 Å². The Morgan fingerprint density at radius 3 is 2.48 bits per heavy atom. The number of carbonyl (C=O) groups excluding carboxylic acids is 4. The minimum absolute atomic E-state index is 0.0336. The van der Waals surface area contributed by atoms with Crippen LogP contribution in [0.2, 0.25) is 0 Å². The SMILES string of the molecule is CC(=O)Oc1ccc(Br)cc1C=C1C(=O)NC(=O)N(c2cccc(C(F)(F)F)c2)C1=O. The van der Waals surface area contributed by atoms with Crippen LogP contribution in [0.25, 0.3) is 6.08 Å². The predicted octanol–water partition coefficient (Wildman–Crippen LogP) is 4.06. The van der Waals surface area contributed by atoms with Gasteiger partial charge in [0.25, 0.3) is 11.8 Å². The molecule has 0 saturated carbocycles. The van der Waals surface area contributed by atoms with Crippen molar-refractivity contribution in [1.29, 1.82) is 0 Å². The summed E-state index contributed by atoms with van der Waals surface area (Å²) in [6.45, 7) is 1.16. The van der Waals surface area contributed by atoms with Gasteiger partial charge >= 0.3 is 18.2 Å². The highest BCUT2D eigenvalue weighted by molar-refractivity contribution is 9.10. The first kappa shape index (κ1) is 22.2. The first-order valence-corrected chi connectivity index (χ1v) is 9.33. The molecule has 7 nitrogen and oxygen atoms in total. The predicted molar refractivity (Wildman–Crippen MR) is 106 cm³/mol. The van der Waals surface area contributed by atoms with Crippen molar-refractivity contribution in [3.63, 3.8) is 0 Å². The van der Waals surface area contributed by atoms with E-state index in [-0.39, 0.29) is 17.0 Å². The summed E-state index contributed by atoms with van der Waals surface area (Å²) in [6.07, 6.45) is -3.62. The van der Waals surface area contributed by atoms with Gasteiger partial charge in [-0.15, -0.1) is 0 Å². The maximum absolute atomic E-state index is 13.0. The van der Waals surface area contributed by atoms with Gasteiger partial charge in [-0.2, -0.15) is 13.2 Å². The van der Waals surface area contributed by atoms with Crippen LogP contribution >= 0.6 is 15.9 Å². The minimum atomic E-state index is -4.70. The summed E-state index contributed by atoms with van der Waals surface area (Å²) in [5.74, 6) is -2.80. The number of urea groups is 1. The minimum Gasteiger partial charge on any atom is -0.426 e. The number of alkyl halides is 3. The van der Waals surface area contributed by atoms with Gasteiger partial charge in [0.05, 0.1) is 11.3 Å². The van der Waals surface area contributed by atoms with Crippen molar-refractivity contribution in [2.75, 3.05) is 4.90 Å². The zero-order valence-electron chi connectivity index (χ0n) is 15.6. The second-order valence-corrected chi connectivity index (χ2v) is 7.20. The molecule has 4 amide bonds. The van der Waals surface area contributed by atoms with Crippen LogP contribution in [-0.4, -0.2) is 23.8 Å². The molecule has 11 heteroatoms. The monoisotopic (exact) mass is 496 g/mol. The molecule has 160 valence electrons. The molecular weight excluding hydrogens is 485 g/mol. The van der Waals surface area contributed by atoms with Gasteiger partial charge in [-0.3, -0.25) is 19.7 Å². The smallest absolute Gasteiger partial charge is 0.416 e. The normalized spacial score (nSPS) is 15.8. The number of nitrogens with one attached hydrogen (secondary N) is 1. The van der Waals surface area contributed by atoms with E-state index >= 15 is 0 Å². The number of barbiturate groups is 1. The second-order valence-electron chi connectivity index (χ2n) is 6.28. The third-order valence-electron chi connectivity index (χ3n) is 4.06. The topological polar surface area (TPSA) is 92.8 Å². The average Bonchev–Trinajstić information content (AvgIpc) is 2.66. The van der Waals surface area contributed by atoms with Gasteiger partial charge < -0.3 is 4.74 Å². The molecule has 31 heavy (non-hydrogen) atoms. The van der Waals surface area contributed by atoms with E-state index in [2.05, 4.69) is 15.9 Å². The summed E-state index contributed by atoms with van der Waals surface area (Å²) in [7, 11) is 0. The molecule has 2 aromatic carbocycles. The number of benzene rings is 2. The lowest BCUT2D eigenvalue weighted by molar-refractivity contribution is -0.137. The van der Waals surface area contributed by atoms with E-state index in [9.17, 15) is 32.3 Å². The Kier molecular flexibility index (Phi) is 5.98. The molecule has 1 aliphatic rings. The molecule has 3 rings (SSSR count). The molecule has 1 fully saturated rings. The van der Waals surface area contributed by atoms with Crippen molar-refractivity contribution < 1.29 is 37.1 Å². The fourth-order valence-corrected chi connectivity index (χ4v) is 3.13. The number of carbonyl (C=O) groups is 4. The lowest BCUT2D eigenvalue weighted by Crippen LogP contribution is -2.54. The number of imide groups is 2. The van der Waals surface area contributed by atoms with E-state index in [1.54, 1.807) is 6.07 Å². The molecule has 0 aromatic heterocycles. The number of ether oxygens (including phenoxy) is 1. The van der Waals surface area contributed by atoms with Crippen molar-refractivity contribution in [2.24, 2.45) is 0 Å². The largest absolute Gasteiger partial charge is 0.426 e. The van der Waals surface area contributed by atoms with Crippen LogP contribution in [0.4, 0.5) is 23.7 Å². The average molecular weight is 497 g/mol. The zero-order valence-corrected chi connectivity index (χ0v) is 17.2. The Bertz CT molecular complexity index is 1140. The molecular formula is C20H12BrF3N2O5. The van der Waals surface area contributed by atoms with E-state index in [0.29, 0.717) is 15.4 Å². The van der Waals surface area contributed by atoms with Crippen molar-refractivity contribution >= 4 is 51.5 Å². The molecule has 0 radical (unpaired) electrons. The van der Waals surface area contributed by atoms with E-state index in [1.165, 1.54) is 12.1 Å². The van der Waals surface area contributed by atoms with Crippen LogP contribution in [0.3, 0.4) is 0 Å². The molecule has 1 saturated heterocycles. The molecule has 0 bridgehead atoms. The molecule has 2 aromatic rings. The summed E-state index contributed by atoms with van der Waals surface area (Å²) >= 11 is 3.22.